The molecule has 2 aliphatic carbocycles. The second-order valence-electron chi connectivity index (χ2n) is 9.54. The number of carbonyl (C=O) groups is 1. The van der Waals surface area contributed by atoms with Crippen LogP contribution in [0, 0.1) is 23.2 Å². The molecule has 28 heavy (non-hydrogen) atoms. The number of benzene rings is 1. The second kappa shape index (κ2) is 6.74. The van der Waals surface area contributed by atoms with Crippen molar-refractivity contribution in [2.45, 2.75) is 57.3 Å². The minimum Gasteiger partial charge on any atom is -0.496 e. The number of ether oxygens (including phenoxy) is 3. The predicted octanol–water partition coefficient (Wildman–Crippen LogP) is 3.31. The molecule has 152 valence electrons. The van der Waals surface area contributed by atoms with E-state index >= 15 is 0 Å². The number of hydrogen-bond acceptors (Lipinski definition) is 5. The zero-order valence-electron chi connectivity index (χ0n) is 16.9. The standard InChI is InChI=1S/C23H31NO4/c1-22-8-5-9-23(14-27-23)20(22)10-16-17(21(25)28-19(16)11-22)13-24-12-15-6-3-4-7-18(15)26-2/h3-4,6-7,16-17,19-20,24H,5,8-14H2,1-2H3/t16-,17+,19+,20-,22+,23+/m0/s1. The van der Waals surface area contributed by atoms with E-state index in [0.717, 1.165) is 30.8 Å². The summed E-state index contributed by atoms with van der Waals surface area (Å²) in [4.78, 5) is 12.7. The van der Waals surface area contributed by atoms with E-state index in [-0.39, 0.29) is 29.0 Å². The summed E-state index contributed by atoms with van der Waals surface area (Å²) in [5.74, 6) is 1.69. The normalized spacial score (nSPS) is 41.3. The van der Waals surface area contributed by atoms with E-state index in [1.54, 1.807) is 7.11 Å². The Morgan fingerprint density at radius 1 is 1.29 bits per heavy atom. The molecule has 1 aromatic rings. The lowest BCUT2D eigenvalue weighted by Crippen LogP contribution is -2.51. The van der Waals surface area contributed by atoms with Crippen LogP contribution in [0.4, 0.5) is 0 Å². The molecule has 5 nitrogen and oxygen atoms in total. The van der Waals surface area contributed by atoms with Crippen LogP contribution in [0.1, 0.15) is 44.6 Å². The van der Waals surface area contributed by atoms with Crippen molar-refractivity contribution < 1.29 is 19.0 Å². The van der Waals surface area contributed by atoms with Gasteiger partial charge in [-0.3, -0.25) is 4.79 Å². The summed E-state index contributed by atoms with van der Waals surface area (Å²) in [7, 11) is 1.69. The Bertz CT molecular complexity index is 761. The molecule has 1 N–H and O–H groups in total. The third-order valence-corrected chi connectivity index (χ3v) is 7.95. The van der Waals surface area contributed by atoms with Crippen molar-refractivity contribution in [1.29, 1.82) is 0 Å². The Morgan fingerprint density at radius 3 is 2.89 bits per heavy atom. The zero-order chi connectivity index (χ0) is 19.4. The van der Waals surface area contributed by atoms with Gasteiger partial charge in [-0.15, -0.1) is 0 Å². The van der Waals surface area contributed by atoms with Gasteiger partial charge >= 0.3 is 5.97 Å². The smallest absolute Gasteiger partial charge is 0.310 e. The first-order chi connectivity index (χ1) is 13.5. The third kappa shape index (κ3) is 2.94. The number of esters is 1. The molecule has 0 radical (unpaired) electrons. The summed E-state index contributed by atoms with van der Waals surface area (Å²) >= 11 is 0. The molecule has 2 heterocycles. The number of epoxide rings is 1. The van der Waals surface area contributed by atoms with Crippen LogP contribution in [0.25, 0.3) is 0 Å². The lowest BCUT2D eigenvalue weighted by Gasteiger charge is -2.51. The molecule has 0 bridgehead atoms. The van der Waals surface area contributed by atoms with Crippen LogP contribution in [0.5, 0.6) is 5.75 Å². The van der Waals surface area contributed by atoms with Crippen LogP contribution in [0.2, 0.25) is 0 Å². The number of methoxy groups -OCH3 is 1. The van der Waals surface area contributed by atoms with Crippen LogP contribution in [-0.4, -0.2) is 37.9 Å². The maximum atomic E-state index is 12.7. The second-order valence-corrected chi connectivity index (χ2v) is 9.54. The molecule has 4 fully saturated rings. The summed E-state index contributed by atoms with van der Waals surface area (Å²) < 4.78 is 17.3. The first-order valence-electron chi connectivity index (χ1n) is 10.7. The molecule has 5 heteroatoms. The van der Waals surface area contributed by atoms with Gasteiger partial charge in [-0.25, -0.2) is 0 Å². The molecule has 1 aromatic carbocycles. The van der Waals surface area contributed by atoms with Crippen LogP contribution in [0.3, 0.4) is 0 Å². The van der Waals surface area contributed by atoms with Crippen molar-refractivity contribution in [2.24, 2.45) is 23.2 Å². The van der Waals surface area contributed by atoms with Gasteiger partial charge in [0.2, 0.25) is 0 Å². The van der Waals surface area contributed by atoms with Crippen molar-refractivity contribution in [1.82, 2.24) is 5.32 Å². The molecule has 5 rings (SSSR count). The van der Waals surface area contributed by atoms with Crippen molar-refractivity contribution in [3.05, 3.63) is 29.8 Å². The Morgan fingerprint density at radius 2 is 2.11 bits per heavy atom. The monoisotopic (exact) mass is 385 g/mol. The van der Waals surface area contributed by atoms with Gasteiger partial charge in [-0.05, 0) is 49.5 Å². The maximum Gasteiger partial charge on any atom is 0.310 e. The Hall–Kier alpha value is -1.59. The van der Waals surface area contributed by atoms with Gasteiger partial charge in [0.25, 0.3) is 0 Å². The van der Waals surface area contributed by atoms with Gasteiger partial charge in [-0.2, -0.15) is 0 Å². The molecule has 4 aliphatic rings. The van der Waals surface area contributed by atoms with E-state index in [2.05, 4.69) is 18.3 Å². The van der Waals surface area contributed by atoms with Crippen LogP contribution < -0.4 is 10.1 Å². The van der Waals surface area contributed by atoms with Gasteiger partial charge in [0.1, 0.15) is 11.9 Å². The van der Waals surface area contributed by atoms with Crippen molar-refractivity contribution in [2.75, 3.05) is 20.3 Å². The molecule has 0 aromatic heterocycles. The van der Waals surface area contributed by atoms with Crippen LogP contribution in [-0.2, 0) is 20.8 Å². The molecule has 2 saturated carbocycles. The molecule has 0 unspecified atom stereocenters. The lowest BCUT2D eigenvalue weighted by atomic mass is 9.53. The van der Waals surface area contributed by atoms with E-state index in [0.29, 0.717) is 24.9 Å². The summed E-state index contributed by atoms with van der Waals surface area (Å²) in [5.41, 5.74) is 1.48. The average molecular weight is 386 g/mol. The topological polar surface area (TPSA) is 60.1 Å². The van der Waals surface area contributed by atoms with Crippen molar-refractivity contribution in [3.8, 4) is 5.75 Å². The van der Waals surface area contributed by atoms with E-state index in [4.69, 9.17) is 14.2 Å². The first kappa shape index (κ1) is 18.4. The molecule has 0 amide bonds. The number of hydrogen-bond donors (Lipinski definition) is 1. The fourth-order valence-electron chi connectivity index (χ4n) is 6.40. The fraction of sp³-hybridized carbons (Fsp3) is 0.696. The minimum absolute atomic E-state index is 0.0180. The Balaban J connectivity index is 1.27. The highest BCUT2D eigenvalue weighted by Gasteiger charge is 2.64. The number of nitrogens with one attached hydrogen (secondary N) is 1. The summed E-state index contributed by atoms with van der Waals surface area (Å²) in [6.07, 6.45) is 5.81. The number of rotatable bonds is 5. The summed E-state index contributed by atoms with van der Waals surface area (Å²) in [5, 5.41) is 3.49. The van der Waals surface area contributed by atoms with Gasteiger partial charge in [-0.1, -0.05) is 25.1 Å². The maximum absolute atomic E-state index is 12.7. The highest BCUT2D eigenvalue weighted by atomic mass is 16.6. The Kier molecular flexibility index (Phi) is 4.44. The third-order valence-electron chi connectivity index (χ3n) is 7.95. The van der Waals surface area contributed by atoms with Crippen molar-refractivity contribution in [3.63, 3.8) is 0 Å². The molecule has 1 spiro atoms. The first-order valence-corrected chi connectivity index (χ1v) is 10.7. The van der Waals surface area contributed by atoms with Gasteiger partial charge < -0.3 is 19.5 Å². The average Bonchev–Trinajstić information content (AvgIpc) is 3.38. The highest BCUT2D eigenvalue weighted by molar-refractivity contribution is 5.75. The van der Waals surface area contributed by atoms with Gasteiger partial charge in [0.05, 0.1) is 25.2 Å². The van der Waals surface area contributed by atoms with E-state index in [1.165, 1.54) is 19.3 Å². The van der Waals surface area contributed by atoms with Crippen LogP contribution in [0.15, 0.2) is 24.3 Å². The van der Waals surface area contributed by atoms with Gasteiger partial charge in [0, 0.05) is 24.6 Å². The molecular formula is C23H31NO4. The molecule has 2 aliphatic heterocycles. The number of fused-ring (bicyclic) bond motifs is 3. The lowest BCUT2D eigenvalue weighted by molar-refractivity contribution is -0.147. The summed E-state index contributed by atoms with van der Waals surface area (Å²) in [6.45, 7) is 4.67. The van der Waals surface area contributed by atoms with E-state index in [1.807, 2.05) is 18.2 Å². The quantitative estimate of drug-likeness (QED) is 0.622. The minimum atomic E-state index is -0.0537. The predicted molar refractivity (Wildman–Crippen MR) is 105 cm³/mol. The van der Waals surface area contributed by atoms with Gasteiger partial charge in [0.15, 0.2) is 0 Å². The molecular weight excluding hydrogens is 354 g/mol. The Labute approximate surface area is 167 Å². The van der Waals surface area contributed by atoms with Crippen molar-refractivity contribution >= 4 is 5.97 Å². The fourth-order valence-corrected chi connectivity index (χ4v) is 6.40. The summed E-state index contributed by atoms with van der Waals surface area (Å²) in [6, 6.07) is 8.01. The zero-order valence-corrected chi connectivity index (χ0v) is 16.9. The molecule has 2 saturated heterocycles. The number of para-hydroxylation sites is 1. The van der Waals surface area contributed by atoms with E-state index < -0.39 is 0 Å². The number of carbonyl (C=O) groups excluding carboxylic acids is 1. The largest absolute Gasteiger partial charge is 0.496 e. The van der Waals surface area contributed by atoms with E-state index in [9.17, 15) is 4.79 Å². The SMILES string of the molecule is COc1ccccc1CNC[C@H]1C(=O)O[C@@H]2C[C@@]3(C)CCC[C@@]4(CO4)[C@H]3C[C@H]21. The highest BCUT2D eigenvalue weighted by Crippen LogP contribution is 2.62. The molecule has 6 atom stereocenters. The van der Waals surface area contributed by atoms with Crippen LogP contribution >= 0.6 is 0 Å².